The van der Waals surface area contributed by atoms with Crippen LogP contribution in [0.15, 0.2) is 30.5 Å². The first kappa shape index (κ1) is 13.3. The van der Waals surface area contributed by atoms with E-state index in [1.54, 1.807) is 24.4 Å². The Kier molecular flexibility index (Phi) is 3.97. The van der Waals surface area contributed by atoms with Crippen LogP contribution in [0.3, 0.4) is 0 Å². The number of aromatic nitrogens is 1. The Morgan fingerprint density at radius 3 is 2.84 bits per heavy atom. The lowest BCUT2D eigenvalue weighted by molar-refractivity contribution is 0.0699. The highest BCUT2D eigenvalue weighted by Gasteiger charge is 2.14. The number of nitrogens with one attached hydrogen (secondary N) is 1. The molecule has 0 aliphatic carbocycles. The molecule has 1 heterocycles. The number of anilines is 1. The summed E-state index contributed by atoms with van der Waals surface area (Å²) in [6, 6.07) is 6.73. The maximum absolute atomic E-state index is 11.3. The second kappa shape index (κ2) is 5.67. The number of carbonyl (C=O) groups is 1. The van der Waals surface area contributed by atoms with Crippen LogP contribution in [0.4, 0.5) is 5.82 Å². The van der Waals surface area contributed by atoms with E-state index in [4.69, 9.17) is 0 Å². The molecule has 0 bridgehead atoms. The number of aliphatic hydroxyl groups excluding tert-OH is 1. The molecule has 1 aromatic heterocycles. The second-order valence-corrected chi connectivity index (χ2v) is 4.30. The summed E-state index contributed by atoms with van der Waals surface area (Å²) >= 11 is 0. The lowest BCUT2D eigenvalue weighted by Gasteiger charge is -2.17. The summed E-state index contributed by atoms with van der Waals surface area (Å²) in [6.45, 7) is 1.92. The quantitative estimate of drug-likeness (QED) is 0.767. The van der Waals surface area contributed by atoms with Crippen LogP contribution < -0.4 is 5.32 Å². The number of carboxylic acids is 1. The molecule has 0 amide bonds. The van der Waals surface area contributed by atoms with Gasteiger partial charge in [0.15, 0.2) is 0 Å². The van der Waals surface area contributed by atoms with Gasteiger partial charge in [0.2, 0.25) is 0 Å². The van der Waals surface area contributed by atoms with E-state index in [1.807, 2.05) is 13.0 Å². The largest absolute Gasteiger partial charge is 0.478 e. The van der Waals surface area contributed by atoms with Gasteiger partial charge in [0.05, 0.1) is 18.2 Å². The average Bonchev–Trinajstić information content (AvgIpc) is 2.44. The number of carboxylic acid groups (broad SMARTS) is 1. The number of pyridine rings is 1. The molecule has 2 rings (SSSR count). The molecular weight excluding hydrogens is 244 g/mol. The van der Waals surface area contributed by atoms with Crippen LogP contribution in [-0.2, 0) is 0 Å². The van der Waals surface area contributed by atoms with E-state index in [-0.39, 0.29) is 18.2 Å². The summed E-state index contributed by atoms with van der Waals surface area (Å²) in [5, 5.41) is 23.0. The maximum atomic E-state index is 11.3. The van der Waals surface area contributed by atoms with E-state index < -0.39 is 5.97 Å². The minimum absolute atomic E-state index is 0.0240. The Morgan fingerprint density at radius 2 is 2.21 bits per heavy atom. The fourth-order valence-corrected chi connectivity index (χ4v) is 1.99. The van der Waals surface area contributed by atoms with Gasteiger partial charge in [-0.05, 0) is 23.9 Å². The van der Waals surface area contributed by atoms with Gasteiger partial charge >= 0.3 is 5.97 Å². The van der Waals surface area contributed by atoms with Crippen molar-refractivity contribution in [1.82, 2.24) is 4.98 Å². The van der Waals surface area contributed by atoms with Gasteiger partial charge in [-0.25, -0.2) is 9.78 Å². The highest BCUT2D eigenvalue weighted by Crippen LogP contribution is 2.25. The predicted octanol–water partition coefficient (Wildman–Crippen LogP) is 2.12. The van der Waals surface area contributed by atoms with Crippen molar-refractivity contribution in [2.24, 2.45) is 0 Å². The fraction of sp³-hybridized carbons (Fsp3) is 0.286. The number of hydrogen-bond acceptors (Lipinski definition) is 4. The van der Waals surface area contributed by atoms with Crippen molar-refractivity contribution in [2.45, 2.75) is 19.4 Å². The molecule has 0 saturated heterocycles. The lowest BCUT2D eigenvalue weighted by Crippen LogP contribution is -2.23. The van der Waals surface area contributed by atoms with Gasteiger partial charge in [-0.3, -0.25) is 0 Å². The van der Waals surface area contributed by atoms with Crippen LogP contribution in [0.2, 0.25) is 0 Å². The van der Waals surface area contributed by atoms with Gasteiger partial charge in [0, 0.05) is 11.6 Å². The molecule has 1 atom stereocenters. The zero-order valence-corrected chi connectivity index (χ0v) is 10.6. The van der Waals surface area contributed by atoms with Gasteiger partial charge in [0.1, 0.15) is 5.82 Å². The van der Waals surface area contributed by atoms with Crippen molar-refractivity contribution in [3.63, 3.8) is 0 Å². The molecule has 19 heavy (non-hydrogen) atoms. The Morgan fingerprint density at radius 1 is 1.42 bits per heavy atom. The summed E-state index contributed by atoms with van der Waals surface area (Å²) in [7, 11) is 0. The minimum atomic E-state index is -0.987. The van der Waals surface area contributed by atoms with Crippen LogP contribution >= 0.6 is 0 Å². The highest BCUT2D eigenvalue weighted by atomic mass is 16.4. The Bertz CT molecular complexity index is 589. The zero-order valence-electron chi connectivity index (χ0n) is 10.6. The van der Waals surface area contributed by atoms with Crippen LogP contribution in [0.25, 0.3) is 10.8 Å². The summed E-state index contributed by atoms with van der Waals surface area (Å²) in [5.41, 5.74) is 0.209. The first-order chi connectivity index (χ1) is 9.17. The van der Waals surface area contributed by atoms with Gasteiger partial charge in [-0.1, -0.05) is 19.1 Å². The van der Waals surface area contributed by atoms with Crippen molar-refractivity contribution in [3.05, 3.63) is 36.0 Å². The molecular formula is C14H16N2O3. The summed E-state index contributed by atoms with van der Waals surface area (Å²) < 4.78 is 0. The smallest absolute Gasteiger partial charge is 0.336 e. The molecule has 5 nitrogen and oxygen atoms in total. The highest BCUT2D eigenvalue weighted by molar-refractivity contribution is 6.08. The Labute approximate surface area is 110 Å². The molecule has 3 N–H and O–H groups in total. The molecule has 1 aromatic carbocycles. The van der Waals surface area contributed by atoms with Crippen LogP contribution in [0.5, 0.6) is 0 Å². The van der Waals surface area contributed by atoms with E-state index in [1.165, 1.54) is 0 Å². The van der Waals surface area contributed by atoms with E-state index in [9.17, 15) is 15.0 Å². The molecule has 1 unspecified atom stereocenters. The molecule has 0 radical (unpaired) electrons. The standard InChI is InChI=1S/C14H16N2O3/c1-2-10(8-17)16-13-12-9(6-7-15-13)4-3-5-11(12)14(18)19/h3-7,10,17H,2,8H2,1H3,(H,15,16)(H,18,19). The molecule has 0 aliphatic rings. The normalized spacial score (nSPS) is 12.3. The number of benzene rings is 1. The third-order valence-corrected chi connectivity index (χ3v) is 3.08. The summed E-state index contributed by atoms with van der Waals surface area (Å²) in [6.07, 6.45) is 2.35. The van der Waals surface area contributed by atoms with Gasteiger partial charge < -0.3 is 15.5 Å². The van der Waals surface area contributed by atoms with Gasteiger partial charge in [-0.2, -0.15) is 0 Å². The molecule has 0 fully saturated rings. The zero-order chi connectivity index (χ0) is 13.8. The van der Waals surface area contributed by atoms with Crippen molar-refractivity contribution < 1.29 is 15.0 Å². The van der Waals surface area contributed by atoms with Crippen molar-refractivity contribution >= 4 is 22.6 Å². The predicted molar refractivity (Wildman–Crippen MR) is 73.5 cm³/mol. The van der Waals surface area contributed by atoms with E-state index in [2.05, 4.69) is 10.3 Å². The third-order valence-electron chi connectivity index (χ3n) is 3.08. The monoisotopic (exact) mass is 260 g/mol. The number of rotatable bonds is 5. The number of nitrogens with zero attached hydrogens (tertiary/aromatic N) is 1. The lowest BCUT2D eigenvalue weighted by atomic mass is 10.1. The van der Waals surface area contributed by atoms with E-state index >= 15 is 0 Å². The number of fused-ring (bicyclic) bond motifs is 1. The van der Waals surface area contributed by atoms with E-state index in [0.29, 0.717) is 11.2 Å². The maximum Gasteiger partial charge on any atom is 0.336 e. The SMILES string of the molecule is CCC(CO)Nc1nccc2cccc(C(=O)O)c12. The van der Waals surface area contributed by atoms with Crippen molar-refractivity contribution in [1.29, 1.82) is 0 Å². The number of aromatic carboxylic acids is 1. The summed E-state index contributed by atoms with van der Waals surface area (Å²) in [5.74, 6) is -0.491. The first-order valence-corrected chi connectivity index (χ1v) is 6.15. The van der Waals surface area contributed by atoms with Gasteiger partial charge in [-0.15, -0.1) is 0 Å². The Balaban J connectivity index is 2.57. The van der Waals surface area contributed by atoms with Crippen molar-refractivity contribution in [2.75, 3.05) is 11.9 Å². The molecule has 0 aliphatic heterocycles. The first-order valence-electron chi connectivity index (χ1n) is 6.15. The molecule has 5 heteroatoms. The fourth-order valence-electron chi connectivity index (χ4n) is 1.99. The van der Waals surface area contributed by atoms with Gasteiger partial charge in [0.25, 0.3) is 0 Å². The van der Waals surface area contributed by atoms with Crippen LogP contribution in [0.1, 0.15) is 23.7 Å². The minimum Gasteiger partial charge on any atom is -0.478 e. The van der Waals surface area contributed by atoms with Crippen LogP contribution in [-0.4, -0.2) is 33.8 Å². The molecule has 2 aromatic rings. The second-order valence-electron chi connectivity index (χ2n) is 4.30. The molecule has 0 saturated carbocycles. The molecule has 0 spiro atoms. The number of aliphatic hydroxyl groups is 1. The number of hydrogen-bond donors (Lipinski definition) is 3. The van der Waals surface area contributed by atoms with Crippen molar-refractivity contribution in [3.8, 4) is 0 Å². The average molecular weight is 260 g/mol. The Hall–Kier alpha value is -2.14. The van der Waals surface area contributed by atoms with Crippen LogP contribution in [0, 0.1) is 0 Å². The topological polar surface area (TPSA) is 82.5 Å². The third kappa shape index (κ3) is 2.66. The summed E-state index contributed by atoms with van der Waals surface area (Å²) in [4.78, 5) is 15.5. The molecule has 100 valence electrons. The van der Waals surface area contributed by atoms with E-state index in [0.717, 1.165) is 11.8 Å².